The van der Waals surface area contributed by atoms with E-state index >= 15 is 0 Å². The summed E-state index contributed by atoms with van der Waals surface area (Å²) in [7, 11) is 0. The summed E-state index contributed by atoms with van der Waals surface area (Å²) in [6.45, 7) is 5.98. The Balaban J connectivity index is 1.99. The molecule has 19 heavy (non-hydrogen) atoms. The zero-order chi connectivity index (χ0) is 13.7. The van der Waals surface area contributed by atoms with Crippen LogP contribution in [0.5, 0.6) is 0 Å². The van der Waals surface area contributed by atoms with E-state index in [4.69, 9.17) is 9.78 Å². The van der Waals surface area contributed by atoms with E-state index < -0.39 is 5.60 Å². The lowest BCUT2D eigenvalue weighted by Gasteiger charge is -2.26. The van der Waals surface area contributed by atoms with Crippen LogP contribution in [0.1, 0.15) is 38.0 Å². The monoisotopic (exact) mass is 256 g/mol. The van der Waals surface area contributed by atoms with Crippen LogP contribution >= 0.6 is 0 Å². The van der Waals surface area contributed by atoms with Crippen molar-refractivity contribution >= 4 is 0 Å². The summed E-state index contributed by atoms with van der Waals surface area (Å²) in [5.41, 5.74) is 1.73. The molecule has 0 radical (unpaired) electrons. The van der Waals surface area contributed by atoms with Gasteiger partial charge in [-0.1, -0.05) is 60.7 Å². The maximum Gasteiger partial charge on any atom is 0.123 e. The Morgan fingerprint density at radius 2 is 1.37 bits per heavy atom. The molecule has 2 heteroatoms. The van der Waals surface area contributed by atoms with E-state index in [2.05, 4.69) is 0 Å². The highest BCUT2D eigenvalue weighted by atomic mass is 17.2. The minimum absolute atomic E-state index is 0.0933. The summed E-state index contributed by atoms with van der Waals surface area (Å²) in [5, 5.41) is 0. The molecule has 0 bridgehead atoms. The predicted octanol–water partition coefficient (Wildman–Crippen LogP) is 4.63. The van der Waals surface area contributed by atoms with E-state index in [1.54, 1.807) is 0 Å². The van der Waals surface area contributed by atoms with Gasteiger partial charge in [-0.2, -0.15) is 0 Å². The van der Waals surface area contributed by atoms with Crippen LogP contribution in [-0.4, -0.2) is 0 Å². The van der Waals surface area contributed by atoms with Gasteiger partial charge >= 0.3 is 0 Å². The maximum atomic E-state index is 5.63. The molecule has 0 aromatic heterocycles. The van der Waals surface area contributed by atoms with Gasteiger partial charge in [0.05, 0.1) is 0 Å². The van der Waals surface area contributed by atoms with Crippen LogP contribution in [0.25, 0.3) is 0 Å². The summed E-state index contributed by atoms with van der Waals surface area (Å²) in [5.74, 6) is 0. The van der Waals surface area contributed by atoms with Crippen molar-refractivity contribution in [2.45, 2.75) is 32.5 Å². The van der Waals surface area contributed by atoms with Crippen LogP contribution in [0, 0.1) is 0 Å². The highest BCUT2D eigenvalue weighted by Crippen LogP contribution is 2.27. The Hall–Kier alpha value is -1.64. The van der Waals surface area contributed by atoms with Crippen molar-refractivity contribution in [3.8, 4) is 0 Å². The topological polar surface area (TPSA) is 18.5 Å². The Labute approximate surface area is 114 Å². The largest absolute Gasteiger partial charge is 0.228 e. The molecule has 2 aromatic rings. The van der Waals surface area contributed by atoms with Gasteiger partial charge in [0, 0.05) is 0 Å². The van der Waals surface area contributed by atoms with Crippen molar-refractivity contribution in [1.29, 1.82) is 0 Å². The second-order valence-corrected chi connectivity index (χ2v) is 5.11. The van der Waals surface area contributed by atoms with Crippen molar-refractivity contribution in [3.05, 3.63) is 71.8 Å². The number of hydrogen-bond donors (Lipinski definition) is 0. The molecule has 0 aliphatic rings. The van der Waals surface area contributed by atoms with E-state index in [0.717, 1.165) is 11.1 Å². The van der Waals surface area contributed by atoms with E-state index in [9.17, 15) is 0 Å². The molecule has 0 N–H and O–H groups in total. The fraction of sp³-hybridized carbons (Fsp3) is 0.294. The lowest BCUT2D eigenvalue weighted by molar-refractivity contribution is -0.382. The number of benzene rings is 2. The van der Waals surface area contributed by atoms with E-state index in [1.165, 1.54) is 0 Å². The molecule has 0 fully saturated rings. The first-order valence-corrected chi connectivity index (χ1v) is 6.54. The fourth-order valence-electron chi connectivity index (χ4n) is 1.86. The molecule has 2 aromatic carbocycles. The molecule has 2 rings (SSSR count). The van der Waals surface area contributed by atoms with Crippen molar-refractivity contribution in [2.24, 2.45) is 0 Å². The van der Waals surface area contributed by atoms with E-state index in [1.807, 2.05) is 81.4 Å². The third kappa shape index (κ3) is 3.66. The van der Waals surface area contributed by atoms with Gasteiger partial charge in [-0.15, -0.1) is 0 Å². The van der Waals surface area contributed by atoms with E-state index in [0.29, 0.717) is 0 Å². The molecule has 0 amide bonds. The normalized spacial score (nSPS) is 13.2. The molecule has 1 atom stereocenters. The van der Waals surface area contributed by atoms with Gasteiger partial charge in [0.1, 0.15) is 11.7 Å². The zero-order valence-electron chi connectivity index (χ0n) is 11.7. The van der Waals surface area contributed by atoms with Crippen LogP contribution in [0.3, 0.4) is 0 Å². The van der Waals surface area contributed by atoms with Gasteiger partial charge in [-0.3, -0.25) is 0 Å². The molecule has 0 spiro atoms. The third-order valence-electron chi connectivity index (χ3n) is 3.14. The first kappa shape index (κ1) is 13.8. The van der Waals surface area contributed by atoms with Crippen LogP contribution < -0.4 is 0 Å². The summed E-state index contributed by atoms with van der Waals surface area (Å²) >= 11 is 0. The number of hydrogen-bond acceptors (Lipinski definition) is 2. The lowest BCUT2D eigenvalue weighted by Crippen LogP contribution is -2.22. The SMILES string of the molecule is CC(OOC(C)(C)c1ccccc1)c1ccccc1. The molecular formula is C17H20O2. The third-order valence-corrected chi connectivity index (χ3v) is 3.14. The summed E-state index contributed by atoms with van der Waals surface area (Å²) in [6.07, 6.45) is -0.0933. The average Bonchev–Trinajstić information content (AvgIpc) is 2.47. The van der Waals surface area contributed by atoms with Crippen molar-refractivity contribution in [1.82, 2.24) is 0 Å². The zero-order valence-corrected chi connectivity index (χ0v) is 11.7. The summed E-state index contributed by atoms with van der Waals surface area (Å²) < 4.78 is 0. The standard InChI is InChI=1S/C17H20O2/c1-14(15-10-6-4-7-11-15)18-19-17(2,3)16-12-8-5-9-13-16/h4-14H,1-3H3. The Morgan fingerprint density at radius 3 is 1.95 bits per heavy atom. The Bertz CT molecular complexity index is 491. The molecular weight excluding hydrogens is 236 g/mol. The second kappa shape index (κ2) is 6.00. The Kier molecular flexibility index (Phi) is 4.35. The Morgan fingerprint density at radius 1 is 0.842 bits per heavy atom. The van der Waals surface area contributed by atoms with Crippen LogP contribution in [0.2, 0.25) is 0 Å². The number of rotatable bonds is 5. The maximum absolute atomic E-state index is 5.63. The van der Waals surface area contributed by atoms with Gasteiger partial charge in [-0.05, 0) is 31.9 Å². The van der Waals surface area contributed by atoms with Gasteiger partial charge in [0.25, 0.3) is 0 Å². The van der Waals surface area contributed by atoms with Gasteiger partial charge in [-0.25, -0.2) is 9.78 Å². The first-order chi connectivity index (χ1) is 9.09. The fourth-order valence-corrected chi connectivity index (χ4v) is 1.86. The van der Waals surface area contributed by atoms with Crippen LogP contribution in [0.4, 0.5) is 0 Å². The van der Waals surface area contributed by atoms with Gasteiger partial charge in [0.2, 0.25) is 0 Å². The molecule has 1 unspecified atom stereocenters. The highest BCUT2D eigenvalue weighted by Gasteiger charge is 2.23. The second-order valence-electron chi connectivity index (χ2n) is 5.11. The molecule has 0 heterocycles. The minimum Gasteiger partial charge on any atom is -0.228 e. The lowest BCUT2D eigenvalue weighted by atomic mass is 9.99. The molecule has 0 aliphatic heterocycles. The first-order valence-electron chi connectivity index (χ1n) is 6.54. The molecule has 100 valence electrons. The minimum atomic E-state index is -0.468. The predicted molar refractivity (Wildman–Crippen MR) is 76.5 cm³/mol. The molecule has 0 saturated carbocycles. The summed E-state index contributed by atoms with van der Waals surface area (Å²) in [6, 6.07) is 20.1. The van der Waals surface area contributed by atoms with E-state index in [-0.39, 0.29) is 6.10 Å². The van der Waals surface area contributed by atoms with Crippen molar-refractivity contribution < 1.29 is 9.78 Å². The van der Waals surface area contributed by atoms with Crippen LogP contribution in [0.15, 0.2) is 60.7 Å². The molecule has 0 saturated heterocycles. The molecule has 2 nitrogen and oxygen atoms in total. The molecule has 0 aliphatic carbocycles. The van der Waals surface area contributed by atoms with Gasteiger partial charge < -0.3 is 0 Å². The smallest absolute Gasteiger partial charge is 0.123 e. The van der Waals surface area contributed by atoms with Crippen molar-refractivity contribution in [2.75, 3.05) is 0 Å². The van der Waals surface area contributed by atoms with Crippen LogP contribution in [-0.2, 0) is 15.4 Å². The average molecular weight is 256 g/mol. The van der Waals surface area contributed by atoms with Gasteiger partial charge in [0.15, 0.2) is 0 Å². The van der Waals surface area contributed by atoms with Crippen molar-refractivity contribution in [3.63, 3.8) is 0 Å². The quantitative estimate of drug-likeness (QED) is 0.573. The summed E-state index contributed by atoms with van der Waals surface area (Å²) in [4.78, 5) is 11.2. The highest BCUT2D eigenvalue weighted by molar-refractivity contribution is 5.20.